The van der Waals surface area contributed by atoms with Gasteiger partial charge < -0.3 is 10.4 Å². The van der Waals surface area contributed by atoms with Crippen molar-refractivity contribution >= 4 is 17.5 Å². The van der Waals surface area contributed by atoms with Gasteiger partial charge in [0.15, 0.2) is 0 Å². The first-order valence-corrected chi connectivity index (χ1v) is 9.76. The molecule has 2 N–H and O–H groups in total. The maximum Gasteiger partial charge on any atom is 0.284 e. The summed E-state index contributed by atoms with van der Waals surface area (Å²) < 4.78 is 14.7. The third kappa shape index (κ3) is 4.93. The van der Waals surface area contributed by atoms with Gasteiger partial charge in [-0.15, -0.1) is 0 Å². The van der Waals surface area contributed by atoms with E-state index in [4.69, 9.17) is 11.6 Å². The number of aliphatic hydroxyl groups excluding tert-OH is 1. The van der Waals surface area contributed by atoms with Gasteiger partial charge >= 0.3 is 0 Å². The average Bonchev–Trinajstić information content (AvgIpc) is 2.72. The van der Waals surface area contributed by atoms with E-state index in [1.54, 1.807) is 24.3 Å². The number of benzene rings is 2. The van der Waals surface area contributed by atoms with Crippen LogP contribution in [-0.4, -0.2) is 33.4 Å². The molecule has 0 radical (unpaired) electrons. The van der Waals surface area contributed by atoms with Gasteiger partial charge in [-0.1, -0.05) is 43.6 Å². The van der Waals surface area contributed by atoms with Crippen LogP contribution in [0.4, 0.5) is 4.39 Å². The third-order valence-corrected chi connectivity index (χ3v) is 4.84. The minimum Gasteiger partial charge on any atom is -0.391 e. The molecule has 0 aliphatic heterocycles. The van der Waals surface area contributed by atoms with Gasteiger partial charge in [-0.25, -0.2) is 4.39 Å². The molecule has 156 valence electrons. The SMILES string of the molecule is CC(C)C(O)CNC(=O)c1cc(-c2ccc(Cl)cc2)nn(-c2cccc(F)c2)c1=O. The summed E-state index contributed by atoms with van der Waals surface area (Å²) in [4.78, 5) is 25.7. The number of amides is 1. The van der Waals surface area contributed by atoms with Gasteiger partial charge in [-0.05, 0) is 42.3 Å². The van der Waals surface area contributed by atoms with Gasteiger partial charge in [0.1, 0.15) is 11.4 Å². The molecule has 0 aliphatic rings. The number of aliphatic hydroxyl groups is 1. The largest absolute Gasteiger partial charge is 0.391 e. The number of nitrogens with zero attached hydrogens (tertiary/aromatic N) is 2. The Labute approximate surface area is 177 Å². The van der Waals surface area contributed by atoms with Crippen molar-refractivity contribution in [2.24, 2.45) is 5.92 Å². The minimum absolute atomic E-state index is 0.00545. The number of hydrogen-bond donors (Lipinski definition) is 2. The first-order valence-electron chi connectivity index (χ1n) is 9.39. The number of halogens is 2. The summed E-state index contributed by atoms with van der Waals surface area (Å²) in [6.45, 7) is 3.63. The molecule has 3 rings (SSSR count). The molecule has 1 amide bonds. The van der Waals surface area contributed by atoms with Crippen LogP contribution in [0.5, 0.6) is 0 Å². The van der Waals surface area contributed by atoms with E-state index in [9.17, 15) is 19.1 Å². The lowest BCUT2D eigenvalue weighted by atomic mass is 10.1. The summed E-state index contributed by atoms with van der Waals surface area (Å²) in [5, 5.41) is 17.4. The highest BCUT2D eigenvalue weighted by Gasteiger charge is 2.19. The van der Waals surface area contributed by atoms with Crippen molar-refractivity contribution in [2.45, 2.75) is 20.0 Å². The summed E-state index contributed by atoms with van der Waals surface area (Å²) >= 11 is 5.94. The number of rotatable bonds is 6. The fourth-order valence-corrected chi connectivity index (χ4v) is 2.86. The molecule has 1 unspecified atom stereocenters. The number of aromatic nitrogens is 2. The van der Waals surface area contributed by atoms with E-state index in [2.05, 4.69) is 10.4 Å². The van der Waals surface area contributed by atoms with Crippen molar-refractivity contribution in [3.63, 3.8) is 0 Å². The maximum atomic E-state index is 13.7. The zero-order chi connectivity index (χ0) is 21.8. The molecule has 3 aromatic rings. The lowest BCUT2D eigenvalue weighted by molar-refractivity contribution is 0.0869. The van der Waals surface area contributed by atoms with Gasteiger partial charge in [-0.3, -0.25) is 9.59 Å². The first kappa shape index (κ1) is 21.7. The molecule has 0 spiro atoms. The topological polar surface area (TPSA) is 84.2 Å². The third-order valence-electron chi connectivity index (χ3n) is 4.59. The molecule has 1 aromatic heterocycles. The highest BCUT2D eigenvalue weighted by Crippen LogP contribution is 2.20. The van der Waals surface area contributed by atoms with E-state index in [-0.39, 0.29) is 23.7 Å². The molecule has 0 fully saturated rings. The second kappa shape index (κ2) is 9.19. The Balaban J connectivity index is 2.10. The number of nitrogens with one attached hydrogen (secondary N) is 1. The van der Waals surface area contributed by atoms with Crippen molar-refractivity contribution in [1.29, 1.82) is 0 Å². The Hall–Kier alpha value is -3.03. The van der Waals surface area contributed by atoms with E-state index >= 15 is 0 Å². The maximum absolute atomic E-state index is 13.7. The molecule has 1 heterocycles. The van der Waals surface area contributed by atoms with Crippen molar-refractivity contribution < 1.29 is 14.3 Å². The molecule has 6 nitrogen and oxygen atoms in total. The molecule has 0 saturated heterocycles. The van der Waals surface area contributed by atoms with Crippen LogP contribution in [0.3, 0.4) is 0 Å². The fourth-order valence-electron chi connectivity index (χ4n) is 2.73. The van der Waals surface area contributed by atoms with Crippen molar-refractivity contribution in [1.82, 2.24) is 15.1 Å². The monoisotopic (exact) mass is 429 g/mol. The molecule has 0 saturated carbocycles. The highest BCUT2D eigenvalue weighted by atomic mass is 35.5. The van der Waals surface area contributed by atoms with Crippen LogP contribution in [0.15, 0.2) is 59.4 Å². The molecular formula is C22H21ClFN3O3. The average molecular weight is 430 g/mol. The molecule has 8 heteroatoms. The van der Waals surface area contributed by atoms with Crippen LogP contribution in [0.25, 0.3) is 16.9 Å². The molecule has 30 heavy (non-hydrogen) atoms. The van der Waals surface area contributed by atoms with Gasteiger partial charge in [0.2, 0.25) is 0 Å². The van der Waals surface area contributed by atoms with Gasteiger partial charge in [0.05, 0.1) is 17.5 Å². The van der Waals surface area contributed by atoms with Crippen LogP contribution < -0.4 is 10.9 Å². The lowest BCUT2D eigenvalue weighted by Gasteiger charge is -2.15. The summed E-state index contributed by atoms with van der Waals surface area (Å²) in [6, 6.07) is 13.5. The van der Waals surface area contributed by atoms with E-state index < -0.39 is 23.4 Å². The summed E-state index contributed by atoms with van der Waals surface area (Å²) in [6.07, 6.45) is -0.753. The Bertz CT molecular complexity index is 1110. The Morgan fingerprint density at radius 2 is 1.90 bits per heavy atom. The molecule has 0 aliphatic carbocycles. The van der Waals surface area contributed by atoms with E-state index in [1.165, 1.54) is 24.3 Å². The quantitative estimate of drug-likeness (QED) is 0.628. The molecule has 2 aromatic carbocycles. The van der Waals surface area contributed by atoms with Crippen LogP contribution in [0.2, 0.25) is 5.02 Å². The Morgan fingerprint density at radius 1 is 1.20 bits per heavy atom. The number of carbonyl (C=O) groups excluding carboxylic acids is 1. The van der Waals surface area contributed by atoms with Crippen LogP contribution in [0.1, 0.15) is 24.2 Å². The minimum atomic E-state index is -0.753. The Kier molecular flexibility index (Phi) is 6.64. The van der Waals surface area contributed by atoms with Gasteiger partial charge in [0, 0.05) is 17.1 Å². The summed E-state index contributed by atoms with van der Waals surface area (Å²) in [7, 11) is 0. The van der Waals surface area contributed by atoms with Crippen LogP contribution in [-0.2, 0) is 0 Å². The zero-order valence-corrected chi connectivity index (χ0v) is 17.2. The standard InChI is InChI=1S/C22H21ClFN3O3/c1-13(2)20(28)12-25-21(29)18-11-19(14-6-8-15(23)9-7-14)26-27(22(18)30)17-5-3-4-16(24)10-17/h3-11,13,20,28H,12H2,1-2H3,(H,25,29). The molecular weight excluding hydrogens is 409 g/mol. The Morgan fingerprint density at radius 3 is 2.53 bits per heavy atom. The van der Waals surface area contributed by atoms with E-state index in [1.807, 2.05) is 13.8 Å². The fraction of sp³-hybridized carbons (Fsp3) is 0.227. The number of hydrogen-bond acceptors (Lipinski definition) is 4. The van der Waals surface area contributed by atoms with Crippen molar-refractivity contribution in [3.8, 4) is 16.9 Å². The second-order valence-corrected chi connectivity index (χ2v) is 7.60. The smallest absolute Gasteiger partial charge is 0.284 e. The van der Waals surface area contributed by atoms with E-state index in [0.29, 0.717) is 16.3 Å². The second-order valence-electron chi connectivity index (χ2n) is 7.17. The normalized spacial score (nSPS) is 12.1. The highest BCUT2D eigenvalue weighted by molar-refractivity contribution is 6.30. The van der Waals surface area contributed by atoms with Crippen molar-refractivity contribution in [2.75, 3.05) is 6.54 Å². The van der Waals surface area contributed by atoms with Crippen LogP contribution >= 0.6 is 11.6 Å². The predicted octanol–water partition coefficient (Wildman–Crippen LogP) is 3.44. The predicted molar refractivity (Wildman–Crippen MR) is 113 cm³/mol. The lowest BCUT2D eigenvalue weighted by Crippen LogP contribution is -2.38. The van der Waals surface area contributed by atoms with Gasteiger partial charge in [-0.2, -0.15) is 9.78 Å². The molecule has 0 bridgehead atoms. The zero-order valence-electron chi connectivity index (χ0n) is 16.5. The summed E-state index contributed by atoms with van der Waals surface area (Å²) in [5.74, 6) is -1.25. The summed E-state index contributed by atoms with van der Waals surface area (Å²) in [5.41, 5.74) is 0.281. The van der Waals surface area contributed by atoms with Gasteiger partial charge in [0.25, 0.3) is 11.5 Å². The van der Waals surface area contributed by atoms with E-state index in [0.717, 1.165) is 10.7 Å². The van der Waals surface area contributed by atoms with Crippen molar-refractivity contribution in [3.05, 3.63) is 81.4 Å². The molecule has 1 atom stereocenters. The first-order chi connectivity index (χ1) is 14.3. The number of carbonyl (C=O) groups is 1. The van der Waals surface area contributed by atoms with Crippen LogP contribution in [0, 0.1) is 11.7 Å².